The van der Waals surface area contributed by atoms with E-state index < -0.39 is 0 Å². The number of rotatable bonds is 5. The van der Waals surface area contributed by atoms with Crippen molar-refractivity contribution < 1.29 is 14.1 Å². The fourth-order valence-corrected chi connectivity index (χ4v) is 3.71. The van der Waals surface area contributed by atoms with Gasteiger partial charge in [-0.3, -0.25) is 4.79 Å². The number of likely N-dealkylation sites (tertiary alicyclic amines) is 1. The molecule has 0 bridgehead atoms. The van der Waals surface area contributed by atoms with E-state index in [1.807, 2.05) is 53.4 Å². The Labute approximate surface area is 170 Å². The van der Waals surface area contributed by atoms with Gasteiger partial charge in [-0.05, 0) is 67.6 Å². The smallest absolute Gasteiger partial charge is 0.254 e. The lowest BCUT2D eigenvalue weighted by molar-refractivity contribution is 0.0561. The van der Waals surface area contributed by atoms with Gasteiger partial charge in [-0.2, -0.15) is 4.98 Å². The number of amides is 1. The molecule has 0 aliphatic carbocycles. The summed E-state index contributed by atoms with van der Waals surface area (Å²) < 4.78 is 10.8. The predicted molar refractivity (Wildman–Crippen MR) is 110 cm³/mol. The van der Waals surface area contributed by atoms with Crippen molar-refractivity contribution in [3.8, 4) is 17.1 Å². The second kappa shape index (κ2) is 8.47. The molecule has 0 radical (unpaired) electrons. The van der Waals surface area contributed by atoms with Crippen molar-refractivity contribution in [2.75, 3.05) is 13.7 Å². The van der Waals surface area contributed by atoms with Crippen LogP contribution in [-0.4, -0.2) is 34.6 Å². The first kappa shape index (κ1) is 19.2. The zero-order valence-corrected chi connectivity index (χ0v) is 16.8. The molecule has 0 spiro atoms. The van der Waals surface area contributed by atoms with Crippen LogP contribution in [0.5, 0.6) is 5.75 Å². The van der Waals surface area contributed by atoms with Gasteiger partial charge >= 0.3 is 0 Å². The van der Waals surface area contributed by atoms with Gasteiger partial charge in [0.05, 0.1) is 7.11 Å². The first-order valence-corrected chi connectivity index (χ1v) is 10.1. The molecule has 0 N–H and O–H groups in total. The van der Waals surface area contributed by atoms with Gasteiger partial charge < -0.3 is 14.2 Å². The molecular formula is C23H25N3O3. The van der Waals surface area contributed by atoms with Gasteiger partial charge in [0.1, 0.15) is 11.8 Å². The topological polar surface area (TPSA) is 68.5 Å². The summed E-state index contributed by atoms with van der Waals surface area (Å²) in [7, 11) is 1.63. The molecule has 1 saturated heterocycles. The summed E-state index contributed by atoms with van der Waals surface area (Å²) in [6, 6.07) is 15.2. The summed E-state index contributed by atoms with van der Waals surface area (Å²) in [5.41, 5.74) is 2.77. The van der Waals surface area contributed by atoms with Crippen LogP contribution < -0.4 is 4.74 Å². The highest BCUT2D eigenvalue weighted by Crippen LogP contribution is 2.32. The molecule has 29 heavy (non-hydrogen) atoms. The Balaban J connectivity index is 1.57. The van der Waals surface area contributed by atoms with Crippen LogP contribution in [-0.2, 0) is 6.42 Å². The normalized spacial score (nSPS) is 16.6. The van der Waals surface area contributed by atoms with Gasteiger partial charge in [0.15, 0.2) is 0 Å². The highest BCUT2D eigenvalue weighted by molar-refractivity contribution is 5.94. The fourth-order valence-electron chi connectivity index (χ4n) is 3.71. The molecule has 150 valence electrons. The fraction of sp³-hybridized carbons (Fsp3) is 0.348. The van der Waals surface area contributed by atoms with E-state index in [4.69, 9.17) is 9.26 Å². The predicted octanol–water partition coefficient (Wildman–Crippen LogP) is 4.68. The molecule has 2 heterocycles. The number of benzene rings is 2. The quantitative estimate of drug-likeness (QED) is 0.632. The van der Waals surface area contributed by atoms with Crippen LogP contribution >= 0.6 is 0 Å². The lowest BCUT2D eigenvalue weighted by Gasteiger charge is -2.33. The summed E-state index contributed by atoms with van der Waals surface area (Å²) in [6.07, 6.45) is 3.79. The highest BCUT2D eigenvalue weighted by Gasteiger charge is 2.32. The molecule has 1 amide bonds. The summed E-state index contributed by atoms with van der Waals surface area (Å²) >= 11 is 0. The maximum Gasteiger partial charge on any atom is 0.254 e. The van der Waals surface area contributed by atoms with Gasteiger partial charge in [-0.1, -0.05) is 24.2 Å². The van der Waals surface area contributed by atoms with Crippen molar-refractivity contribution in [1.29, 1.82) is 0 Å². The zero-order valence-electron chi connectivity index (χ0n) is 16.8. The van der Waals surface area contributed by atoms with E-state index in [1.54, 1.807) is 7.11 Å². The summed E-state index contributed by atoms with van der Waals surface area (Å²) in [6.45, 7) is 2.80. The average molecular weight is 391 g/mol. The minimum atomic E-state index is -0.193. The Bertz CT molecular complexity index is 964. The Morgan fingerprint density at radius 2 is 1.90 bits per heavy atom. The molecule has 1 aromatic heterocycles. The van der Waals surface area contributed by atoms with E-state index in [0.717, 1.165) is 37.0 Å². The number of aryl methyl sites for hydroxylation is 1. The Kier molecular flexibility index (Phi) is 5.60. The van der Waals surface area contributed by atoms with Crippen LogP contribution in [0.1, 0.15) is 54.0 Å². The van der Waals surface area contributed by atoms with Crippen molar-refractivity contribution in [1.82, 2.24) is 15.0 Å². The average Bonchev–Trinajstić information content (AvgIpc) is 3.29. The summed E-state index contributed by atoms with van der Waals surface area (Å²) in [5, 5.41) is 4.14. The number of carbonyl (C=O) groups is 1. The summed E-state index contributed by atoms with van der Waals surface area (Å²) in [5.74, 6) is 1.80. The second-order valence-electron chi connectivity index (χ2n) is 7.25. The number of piperidine rings is 1. The second-order valence-corrected chi connectivity index (χ2v) is 7.25. The van der Waals surface area contributed by atoms with Crippen LogP contribution in [0.25, 0.3) is 11.4 Å². The molecule has 1 aliphatic heterocycles. The maximum atomic E-state index is 13.2. The minimum Gasteiger partial charge on any atom is -0.497 e. The Morgan fingerprint density at radius 3 is 2.59 bits per heavy atom. The van der Waals surface area contributed by atoms with Crippen molar-refractivity contribution in [3.05, 3.63) is 65.5 Å². The molecule has 6 nitrogen and oxygen atoms in total. The zero-order chi connectivity index (χ0) is 20.2. The van der Waals surface area contributed by atoms with Gasteiger partial charge in [0, 0.05) is 17.7 Å². The molecule has 3 aromatic rings. The number of aromatic nitrogens is 2. The molecule has 1 fully saturated rings. The first-order chi connectivity index (χ1) is 14.2. The highest BCUT2D eigenvalue weighted by atomic mass is 16.5. The SMILES string of the molecule is CCc1ccc(C(=O)N2CCCCC2c2nc(-c3ccc(OC)cc3)no2)cc1. The van der Waals surface area contributed by atoms with Crippen LogP contribution in [0.4, 0.5) is 0 Å². The number of carbonyl (C=O) groups excluding carboxylic acids is 1. The molecule has 1 aliphatic rings. The van der Waals surface area contributed by atoms with E-state index in [-0.39, 0.29) is 11.9 Å². The Morgan fingerprint density at radius 1 is 1.14 bits per heavy atom. The standard InChI is InChI=1S/C23H25N3O3/c1-3-16-7-9-18(10-8-16)23(27)26-15-5-4-6-20(26)22-24-21(25-29-22)17-11-13-19(28-2)14-12-17/h7-14,20H,3-6,15H2,1-2H3. The van der Waals surface area contributed by atoms with Gasteiger partial charge in [0.25, 0.3) is 5.91 Å². The van der Waals surface area contributed by atoms with Gasteiger partial charge in [0.2, 0.25) is 11.7 Å². The Hall–Kier alpha value is -3.15. The minimum absolute atomic E-state index is 0.0153. The van der Waals surface area contributed by atoms with Crippen molar-refractivity contribution in [2.45, 2.75) is 38.6 Å². The lowest BCUT2D eigenvalue weighted by Crippen LogP contribution is -2.38. The van der Waals surface area contributed by atoms with Crippen LogP contribution in [0, 0.1) is 0 Å². The molecule has 2 aromatic carbocycles. The number of nitrogens with zero attached hydrogens (tertiary/aromatic N) is 3. The lowest BCUT2D eigenvalue weighted by atomic mass is 10.00. The van der Waals surface area contributed by atoms with Crippen LogP contribution in [0.15, 0.2) is 53.1 Å². The third-order valence-corrected chi connectivity index (χ3v) is 5.45. The first-order valence-electron chi connectivity index (χ1n) is 10.1. The van der Waals surface area contributed by atoms with Crippen molar-refractivity contribution in [3.63, 3.8) is 0 Å². The third-order valence-electron chi connectivity index (χ3n) is 5.45. The van der Waals surface area contributed by atoms with E-state index in [1.165, 1.54) is 5.56 Å². The molecule has 6 heteroatoms. The number of ether oxygens (including phenoxy) is 1. The van der Waals surface area contributed by atoms with Crippen molar-refractivity contribution >= 4 is 5.91 Å². The molecular weight excluding hydrogens is 366 g/mol. The largest absolute Gasteiger partial charge is 0.497 e. The number of methoxy groups -OCH3 is 1. The number of hydrogen-bond donors (Lipinski definition) is 0. The van der Waals surface area contributed by atoms with E-state index >= 15 is 0 Å². The van der Waals surface area contributed by atoms with E-state index in [0.29, 0.717) is 23.8 Å². The number of hydrogen-bond acceptors (Lipinski definition) is 5. The van der Waals surface area contributed by atoms with Gasteiger partial charge in [-0.15, -0.1) is 0 Å². The van der Waals surface area contributed by atoms with Gasteiger partial charge in [-0.25, -0.2) is 0 Å². The monoisotopic (exact) mass is 391 g/mol. The third kappa shape index (κ3) is 4.01. The molecule has 0 saturated carbocycles. The molecule has 4 rings (SSSR count). The maximum absolute atomic E-state index is 13.2. The summed E-state index contributed by atoms with van der Waals surface area (Å²) in [4.78, 5) is 19.6. The van der Waals surface area contributed by atoms with Crippen LogP contribution in [0.2, 0.25) is 0 Å². The van der Waals surface area contributed by atoms with E-state index in [2.05, 4.69) is 17.1 Å². The van der Waals surface area contributed by atoms with E-state index in [9.17, 15) is 4.79 Å². The molecule has 1 atom stereocenters. The van der Waals surface area contributed by atoms with Crippen molar-refractivity contribution in [2.24, 2.45) is 0 Å². The van der Waals surface area contributed by atoms with Crippen LogP contribution in [0.3, 0.4) is 0 Å². The molecule has 1 unspecified atom stereocenters.